The Hall–Kier alpha value is -1.47. The quantitative estimate of drug-likeness (QED) is 0.925. The van der Waals surface area contributed by atoms with Gasteiger partial charge in [-0.3, -0.25) is 0 Å². The second kappa shape index (κ2) is 6.11. The minimum Gasteiger partial charge on any atom is -0.478 e. The van der Waals surface area contributed by atoms with Crippen LogP contribution in [0.5, 0.6) is 0 Å². The van der Waals surface area contributed by atoms with Gasteiger partial charge in [0.25, 0.3) is 0 Å². The number of piperidine rings is 1. The third-order valence-electron chi connectivity index (χ3n) is 3.85. The van der Waals surface area contributed by atoms with Crippen molar-refractivity contribution in [3.05, 3.63) is 29.6 Å². The zero-order chi connectivity index (χ0) is 15.6. The van der Waals surface area contributed by atoms with Crippen LogP contribution in [0.3, 0.4) is 0 Å². The van der Waals surface area contributed by atoms with E-state index in [2.05, 4.69) is 0 Å². The van der Waals surface area contributed by atoms with Gasteiger partial charge in [-0.05, 0) is 37.0 Å². The highest BCUT2D eigenvalue weighted by atomic mass is 32.2. The van der Waals surface area contributed by atoms with Crippen LogP contribution >= 0.6 is 0 Å². The van der Waals surface area contributed by atoms with Crippen LogP contribution < -0.4 is 0 Å². The van der Waals surface area contributed by atoms with Crippen LogP contribution in [0, 0.1) is 11.7 Å². The maximum Gasteiger partial charge on any atom is 0.337 e. The van der Waals surface area contributed by atoms with Crippen LogP contribution in [0.4, 0.5) is 4.39 Å². The average Bonchev–Trinajstić information content (AvgIpc) is 2.46. The molecule has 21 heavy (non-hydrogen) atoms. The Morgan fingerprint density at radius 1 is 1.48 bits per heavy atom. The third-order valence-corrected chi connectivity index (χ3v) is 5.76. The standard InChI is InChI=1S/C14H18FNO4S/c1-2-10-4-3-7-16(9-10)21(19,20)13-8-11(15)5-6-12(13)14(17)18/h5-6,8,10H,2-4,7,9H2,1H3,(H,17,18). The molecule has 0 bridgehead atoms. The smallest absolute Gasteiger partial charge is 0.337 e. The second-order valence-electron chi connectivity index (χ2n) is 5.23. The number of hydrogen-bond donors (Lipinski definition) is 1. The van der Waals surface area contributed by atoms with Gasteiger partial charge >= 0.3 is 5.97 Å². The Labute approximate surface area is 123 Å². The molecule has 7 heteroatoms. The van der Waals surface area contributed by atoms with E-state index in [9.17, 15) is 17.6 Å². The van der Waals surface area contributed by atoms with Crippen LogP contribution in [-0.4, -0.2) is 36.9 Å². The van der Waals surface area contributed by atoms with Crippen molar-refractivity contribution >= 4 is 16.0 Å². The summed E-state index contributed by atoms with van der Waals surface area (Å²) in [5.74, 6) is -1.88. The molecule has 116 valence electrons. The molecule has 1 atom stereocenters. The van der Waals surface area contributed by atoms with Crippen molar-refractivity contribution < 1.29 is 22.7 Å². The fourth-order valence-corrected chi connectivity index (χ4v) is 4.35. The molecule has 1 saturated heterocycles. The lowest BCUT2D eigenvalue weighted by Gasteiger charge is -2.31. The van der Waals surface area contributed by atoms with E-state index in [1.165, 1.54) is 4.31 Å². The number of sulfonamides is 1. The number of hydrogen-bond acceptors (Lipinski definition) is 3. The summed E-state index contributed by atoms with van der Waals surface area (Å²) in [5, 5.41) is 9.11. The zero-order valence-corrected chi connectivity index (χ0v) is 12.6. The number of rotatable bonds is 4. The first kappa shape index (κ1) is 15.9. The van der Waals surface area contributed by atoms with E-state index in [1.54, 1.807) is 0 Å². The van der Waals surface area contributed by atoms with Crippen LogP contribution in [0.25, 0.3) is 0 Å². The molecular formula is C14H18FNO4S. The Kier molecular flexibility index (Phi) is 4.63. The summed E-state index contributed by atoms with van der Waals surface area (Å²) in [4.78, 5) is 10.7. The molecule has 0 aliphatic carbocycles. The zero-order valence-electron chi connectivity index (χ0n) is 11.8. The number of carboxylic acids is 1. The van der Waals surface area contributed by atoms with Gasteiger partial charge in [-0.15, -0.1) is 0 Å². The monoisotopic (exact) mass is 315 g/mol. The normalized spacial score (nSPS) is 20.4. The molecular weight excluding hydrogens is 297 g/mol. The lowest BCUT2D eigenvalue weighted by molar-refractivity contribution is 0.0692. The number of carboxylic acid groups (broad SMARTS) is 1. The van der Waals surface area contributed by atoms with E-state index in [4.69, 9.17) is 5.11 Å². The fraction of sp³-hybridized carbons (Fsp3) is 0.500. The molecule has 1 unspecified atom stereocenters. The summed E-state index contributed by atoms with van der Waals surface area (Å²) in [6, 6.07) is 2.73. The van der Waals surface area contributed by atoms with Crippen molar-refractivity contribution in [1.82, 2.24) is 4.31 Å². The summed E-state index contributed by atoms with van der Waals surface area (Å²) in [6.07, 6.45) is 2.55. The SMILES string of the molecule is CCC1CCCN(S(=O)(=O)c2cc(F)ccc2C(=O)O)C1. The van der Waals surface area contributed by atoms with E-state index < -0.39 is 32.3 Å². The molecule has 1 aromatic rings. The molecule has 0 radical (unpaired) electrons. The predicted molar refractivity (Wildman–Crippen MR) is 75.1 cm³/mol. The maximum atomic E-state index is 13.4. The molecule has 0 saturated carbocycles. The first-order valence-electron chi connectivity index (χ1n) is 6.89. The Morgan fingerprint density at radius 3 is 2.81 bits per heavy atom. The molecule has 0 aromatic heterocycles. The molecule has 1 aliphatic heterocycles. The van der Waals surface area contributed by atoms with Crippen molar-refractivity contribution in [2.45, 2.75) is 31.1 Å². The maximum absolute atomic E-state index is 13.4. The van der Waals surface area contributed by atoms with E-state index in [1.807, 2.05) is 6.92 Å². The van der Waals surface area contributed by atoms with Crippen LogP contribution in [-0.2, 0) is 10.0 Å². The van der Waals surface area contributed by atoms with E-state index >= 15 is 0 Å². The Bertz CT molecular complexity index is 644. The van der Waals surface area contributed by atoms with Crippen molar-refractivity contribution in [2.24, 2.45) is 5.92 Å². The largest absolute Gasteiger partial charge is 0.478 e. The van der Waals surface area contributed by atoms with Gasteiger partial charge < -0.3 is 5.11 Å². The fourth-order valence-electron chi connectivity index (χ4n) is 2.60. The average molecular weight is 315 g/mol. The summed E-state index contributed by atoms with van der Waals surface area (Å²) in [6.45, 7) is 2.69. The van der Waals surface area contributed by atoms with Crippen molar-refractivity contribution in [1.29, 1.82) is 0 Å². The number of aromatic carboxylic acids is 1. The van der Waals surface area contributed by atoms with Crippen LogP contribution in [0.2, 0.25) is 0 Å². The predicted octanol–water partition coefficient (Wildman–Crippen LogP) is 2.33. The lowest BCUT2D eigenvalue weighted by Crippen LogP contribution is -2.40. The summed E-state index contributed by atoms with van der Waals surface area (Å²) < 4.78 is 39.9. The van der Waals surface area contributed by atoms with Gasteiger partial charge in [0.15, 0.2) is 0 Å². The Balaban J connectivity index is 2.44. The topological polar surface area (TPSA) is 74.7 Å². The van der Waals surface area contributed by atoms with Gasteiger partial charge in [-0.2, -0.15) is 4.31 Å². The van der Waals surface area contributed by atoms with Gasteiger partial charge in [0.2, 0.25) is 10.0 Å². The first-order chi connectivity index (χ1) is 9.86. The highest BCUT2D eigenvalue weighted by Crippen LogP contribution is 2.27. The van der Waals surface area contributed by atoms with Crippen molar-refractivity contribution in [3.63, 3.8) is 0 Å². The third kappa shape index (κ3) is 3.24. The molecule has 1 heterocycles. The lowest BCUT2D eigenvalue weighted by atomic mass is 9.97. The number of benzene rings is 1. The number of carbonyl (C=O) groups is 1. The molecule has 1 aromatic carbocycles. The summed E-state index contributed by atoms with van der Waals surface area (Å²) >= 11 is 0. The summed E-state index contributed by atoms with van der Waals surface area (Å²) in [5.41, 5.74) is -0.393. The van der Waals surface area contributed by atoms with Gasteiger partial charge in [0.05, 0.1) is 10.5 Å². The molecule has 1 aliphatic rings. The van der Waals surface area contributed by atoms with E-state index in [0.717, 1.165) is 37.5 Å². The summed E-state index contributed by atoms with van der Waals surface area (Å²) in [7, 11) is -3.99. The number of nitrogens with zero attached hydrogens (tertiary/aromatic N) is 1. The van der Waals surface area contributed by atoms with Gasteiger partial charge in [-0.25, -0.2) is 17.6 Å². The molecule has 2 rings (SSSR count). The minimum absolute atomic E-state index is 0.260. The molecule has 1 N–H and O–H groups in total. The van der Waals surface area contributed by atoms with Crippen molar-refractivity contribution in [2.75, 3.05) is 13.1 Å². The second-order valence-corrected chi connectivity index (χ2v) is 7.13. The van der Waals surface area contributed by atoms with Crippen LogP contribution in [0.1, 0.15) is 36.5 Å². The van der Waals surface area contributed by atoms with Crippen molar-refractivity contribution in [3.8, 4) is 0 Å². The highest BCUT2D eigenvalue weighted by Gasteiger charge is 2.32. The van der Waals surface area contributed by atoms with E-state index in [0.29, 0.717) is 13.1 Å². The highest BCUT2D eigenvalue weighted by molar-refractivity contribution is 7.89. The van der Waals surface area contributed by atoms with Gasteiger partial charge in [0, 0.05) is 13.1 Å². The Morgan fingerprint density at radius 2 is 2.19 bits per heavy atom. The number of halogens is 1. The molecule has 5 nitrogen and oxygen atoms in total. The minimum atomic E-state index is -3.99. The first-order valence-corrected chi connectivity index (χ1v) is 8.33. The molecule has 1 fully saturated rings. The van der Waals surface area contributed by atoms with Gasteiger partial charge in [-0.1, -0.05) is 13.3 Å². The molecule has 0 amide bonds. The molecule has 0 spiro atoms. The van der Waals surface area contributed by atoms with Gasteiger partial charge in [0.1, 0.15) is 5.82 Å². The van der Waals surface area contributed by atoms with Crippen LogP contribution in [0.15, 0.2) is 23.1 Å². The van der Waals surface area contributed by atoms with E-state index in [-0.39, 0.29) is 5.92 Å².